The highest BCUT2D eigenvalue weighted by molar-refractivity contribution is 9.10. The predicted octanol–water partition coefficient (Wildman–Crippen LogP) is 5.13. The van der Waals surface area contributed by atoms with E-state index < -0.39 is 0 Å². The minimum Gasteiger partial charge on any atom is -0.347 e. The molecule has 0 saturated carbocycles. The van der Waals surface area contributed by atoms with Gasteiger partial charge in [-0.2, -0.15) is 0 Å². The summed E-state index contributed by atoms with van der Waals surface area (Å²) in [6.07, 6.45) is 3.56. The van der Waals surface area contributed by atoms with Gasteiger partial charge in [0.05, 0.1) is 4.88 Å². The molecule has 0 N–H and O–H groups in total. The second kappa shape index (κ2) is 5.94. The quantitative estimate of drug-likeness (QED) is 0.586. The van der Waals surface area contributed by atoms with E-state index in [1.165, 1.54) is 22.2 Å². The fourth-order valence-electron chi connectivity index (χ4n) is 2.35. The molecule has 0 bridgehead atoms. The highest BCUT2D eigenvalue weighted by atomic mass is 79.9. The molecule has 0 atom stereocenters. The van der Waals surface area contributed by atoms with Crippen molar-refractivity contribution in [2.24, 2.45) is 0 Å². The molecule has 1 aromatic carbocycles. The molecule has 0 aliphatic rings. The molecule has 0 radical (unpaired) electrons. The van der Waals surface area contributed by atoms with Gasteiger partial charge in [0.2, 0.25) is 0 Å². The number of rotatable bonds is 5. The number of fused-ring (bicyclic) bond motifs is 1. The standard InChI is InChI=1S/C16H14BrNOS/c17-13-4-1-5-14-12(13)8-10-18(14)9-2-6-15(19)16-7-3-11-20-16/h1,3-5,7-8,10-11H,2,6,9H2. The van der Waals surface area contributed by atoms with Crippen LogP contribution >= 0.6 is 27.3 Å². The minimum atomic E-state index is 0.248. The van der Waals surface area contributed by atoms with Gasteiger partial charge in [-0.1, -0.05) is 28.1 Å². The van der Waals surface area contributed by atoms with E-state index in [1.807, 2.05) is 29.6 Å². The normalized spacial score (nSPS) is 11.1. The third-order valence-electron chi connectivity index (χ3n) is 3.36. The number of Topliss-reactive ketones (excluding diaryl/α,β-unsaturated/α-hetero) is 1. The third kappa shape index (κ3) is 2.72. The Hall–Kier alpha value is -1.39. The first-order chi connectivity index (χ1) is 9.75. The molecule has 0 saturated heterocycles. The van der Waals surface area contributed by atoms with Crippen LogP contribution in [0, 0.1) is 0 Å². The number of hydrogen-bond donors (Lipinski definition) is 0. The number of benzene rings is 1. The number of halogens is 1. The van der Waals surface area contributed by atoms with Crippen LogP contribution in [-0.2, 0) is 6.54 Å². The maximum Gasteiger partial charge on any atom is 0.172 e. The van der Waals surface area contributed by atoms with Gasteiger partial charge < -0.3 is 4.57 Å². The molecule has 0 unspecified atom stereocenters. The van der Waals surface area contributed by atoms with E-state index in [-0.39, 0.29) is 5.78 Å². The average molecular weight is 348 g/mol. The van der Waals surface area contributed by atoms with Crippen LogP contribution < -0.4 is 0 Å². The Bertz CT molecular complexity index is 730. The fourth-order valence-corrected chi connectivity index (χ4v) is 3.53. The Morgan fingerprint density at radius 2 is 2.10 bits per heavy atom. The topological polar surface area (TPSA) is 22.0 Å². The first-order valence-corrected chi connectivity index (χ1v) is 8.23. The smallest absolute Gasteiger partial charge is 0.172 e. The van der Waals surface area contributed by atoms with E-state index in [2.05, 4.69) is 38.8 Å². The Labute approximate surface area is 130 Å². The number of aromatic nitrogens is 1. The Balaban J connectivity index is 1.66. The molecule has 4 heteroatoms. The average Bonchev–Trinajstić information content (AvgIpc) is 3.09. The van der Waals surface area contributed by atoms with Crippen molar-refractivity contribution in [1.29, 1.82) is 0 Å². The lowest BCUT2D eigenvalue weighted by molar-refractivity contribution is 0.0982. The van der Waals surface area contributed by atoms with Crippen LogP contribution in [0.5, 0.6) is 0 Å². The van der Waals surface area contributed by atoms with Crippen LogP contribution in [0.3, 0.4) is 0 Å². The van der Waals surface area contributed by atoms with Crippen molar-refractivity contribution in [2.75, 3.05) is 0 Å². The molecule has 20 heavy (non-hydrogen) atoms. The van der Waals surface area contributed by atoms with Crippen LogP contribution in [0.2, 0.25) is 0 Å². The van der Waals surface area contributed by atoms with E-state index in [1.54, 1.807) is 0 Å². The Morgan fingerprint density at radius 3 is 2.90 bits per heavy atom. The number of nitrogens with zero attached hydrogens (tertiary/aromatic N) is 1. The molecule has 2 heterocycles. The Morgan fingerprint density at radius 1 is 1.20 bits per heavy atom. The number of hydrogen-bond acceptors (Lipinski definition) is 2. The van der Waals surface area contributed by atoms with Gasteiger partial charge in [0.15, 0.2) is 5.78 Å². The number of carbonyl (C=O) groups is 1. The number of ketones is 1. The molecule has 102 valence electrons. The molecular formula is C16H14BrNOS. The minimum absolute atomic E-state index is 0.248. The molecule has 3 rings (SSSR count). The van der Waals surface area contributed by atoms with Gasteiger partial charge in [-0.25, -0.2) is 0 Å². The molecule has 3 aromatic rings. The zero-order valence-electron chi connectivity index (χ0n) is 10.9. The zero-order valence-corrected chi connectivity index (χ0v) is 13.3. The van der Waals surface area contributed by atoms with Gasteiger partial charge in [0.1, 0.15) is 0 Å². The van der Waals surface area contributed by atoms with Gasteiger partial charge in [-0.3, -0.25) is 4.79 Å². The molecule has 0 aliphatic heterocycles. The van der Waals surface area contributed by atoms with Crippen molar-refractivity contribution in [3.8, 4) is 0 Å². The molecule has 0 fully saturated rings. The molecule has 2 nitrogen and oxygen atoms in total. The molecule has 2 aromatic heterocycles. The van der Waals surface area contributed by atoms with Crippen molar-refractivity contribution >= 4 is 44.0 Å². The van der Waals surface area contributed by atoms with E-state index in [0.29, 0.717) is 6.42 Å². The summed E-state index contributed by atoms with van der Waals surface area (Å²) in [5.74, 6) is 0.248. The zero-order chi connectivity index (χ0) is 13.9. The monoisotopic (exact) mass is 347 g/mol. The molecule has 0 aliphatic carbocycles. The van der Waals surface area contributed by atoms with Gasteiger partial charge in [-0.15, -0.1) is 11.3 Å². The maximum atomic E-state index is 11.9. The van der Waals surface area contributed by atoms with Crippen LogP contribution in [0.1, 0.15) is 22.5 Å². The highest BCUT2D eigenvalue weighted by Gasteiger charge is 2.07. The number of aryl methyl sites for hydroxylation is 1. The van der Waals surface area contributed by atoms with Crippen molar-refractivity contribution < 1.29 is 4.79 Å². The largest absolute Gasteiger partial charge is 0.347 e. The SMILES string of the molecule is O=C(CCCn1ccc2c(Br)cccc21)c1cccs1. The van der Waals surface area contributed by atoms with Crippen LogP contribution in [0.15, 0.2) is 52.4 Å². The van der Waals surface area contributed by atoms with Crippen LogP contribution in [-0.4, -0.2) is 10.4 Å². The van der Waals surface area contributed by atoms with E-state index in [0.717, 1.165) is 22.3 Å². The lowest BCUT2D eigenvalue weighted by Crippen LogP contribution is -2.01. The lowest BCUT2D eigenvalue weighted by Gasteiger charge is -2.05. The molecule has 0 spiro atoms. The van der Waals surface area contributed by atoms with Gasteiger partial charge in [0, 0.05) is 34.5 Å². The summed E-state index contributed by atoms with van der Waals surface area (Å²) in [7, 11) is 0. The summed E-state index contributed by atoms with van der Waals surface area (Å²) in [5, 5.41) is 3.17. The van der Waals surface area contributed by atoms with Crippen LogP contribution in [0.25, 0.3) is 10.9 Å². The van der Waals surface area contributed by atoms with E-state index in [9.17, 15) is 4.79 Å². The first-order valence-electron chi connectivity index (χ1n) is 6.56. The van der Waals surface area contributed by atoms with Crippen LogP contribution in [0.4, 0.5) is 0 Å². The van der Waals surface area contributed by atoms with Crippen molar-refractivity contribution in [3.05, 3.63) is 57.3 Å². The second-order valence-electron chi connectivity index (χ2n) is 4.69. The summed E-state index contributed by atoms with van der Waals surface area (Å²) in [5.41, 5.74) is 1.21. The first kappa shape index (κ1) is 13.6. The third-order valence-corrected chi connectivity index (χ3v) is 4.96. The Kier molecular flexibility index (Phi) is 4.03. The van der Waals surface area contributed by atoms with E-state index in [4.69, 9.17) is 0 Å². The fraction of sp³-hybridized carbons (Fsp3) is 0.188. The van der Waals surface area contributed by atoms with Crippen molar-refractivity contribution in [1.82, 2.24) is 4.57 Å². The summed E-state index contributed by atoms with van der Waals surface area (Å²) in [4.78, 5) is 12.8. The summed E-state index contributed by atoms with van der Waals surface area (Å²) in [6, 6.07) is 12.1. The molecular weight excluding hydrogens is 334 g/mol. The van der Waals surface area contributed by atoms with Gasteiger partial charge >= 0.3 is 0 Å². The highest BCUT2D eigenvalue weighted by Crippen LogP contribution is 2.25. The second-order valence-corrected chi connectivity index (χ2v) is 6.49. The lowest BCUT2D eigenvalue weighted by atomic mass is 10.2. The van der Waals surface area contributed by atoms with Crippen molar-refractivity contribution in [3.63, 3.8) is 0 Å². The predicted molar refractivity (Wildman–Crippen MR) is 87.5 cm³/mol. The van der Waals surface area contributed by atoms with Gasteiger partial charge in [-0.05, 0) is 36.1 Å². The van der Waals surface area contributed by atoms with E-state index >= 15 is 0 Å². The molecule has 0 amide bonds. The van der Waals surface area contributed by atoms with Gasteiger partial charge in [0.25, 0.3) is 0 Å². The van der Waals surface area contributed by atoms with Crippen molar-refractivity contribution in [2.45, 2.75) is 19.4 Å². The number of thiophene rings is 1. The maximum absolute atomic E-state index is 11.9. The number of carbonyl (C=O) groups excluding carboxylic acids is 1. The summed E-state index contributed by atoms with van der Waals surface area (Å²) in [6.45, 7) is 0.872. The summed E-state index contributed by atoms with van der Waals surface area (Å²) >= 11 is 5.08. The summed E-state index contributed by atoms with van der Waals surface area (Å²) < 4.78 is 3.32.